The Labute approximate surface area is 147 Å². The van der Waals surface area contributed by atoms with E-state index in [4.69, 9.17) is 9.47 Å². The average Bonchev–Trinajstić information content (AvgIpc) is 2.66. The molecule has 0 fully saturated rings. The number of nitrogens with one attached hydrogen (secondary N) is 1. The van der Waals surface area contributed by atoms with Crippen molar-refractivity contribution < 1.29 is 9.47 Å². The zero-order valence-electron chi connectivity index (χ0n) is 14.5. The van der Waals surface area contributed by atoms with E-state index >= 15 is 0 Å². The molecule has 0 bridgehead atoms. The predicted molar refractivity (Wildman–Crippen MR) is 101 cm³/mol. The normalized spacial score (nSPS) is 13.3. The molecule has 25 heavy (non-hydrogen) atoms. The maximum absolute atomic E-state index is 5.79. The Balaban J connectivity index is 1.85. The highest BCUT2D eigenvalue weighted by atomic mass is 16.5. The van der Waals surface area contributed by atoms with Crippen molar-refractivity contribution in [1.82, 2.24) is 10.3 Å². The number of fused-ring (bicyclic) bond motifs is 1. The van der Waals surface area contributed by atoms with E-state index in [2.05, 4.69) is 32.8 Å². The van der Waals surface area contributed by atoms with Gasteiger partial charge in [0, 0.05) is 30.6 Å². The summed E-state index contributed by atoms with van der Waals surface area (Å²) in [4.78, 5) is 10.5. The molecule has 0 saturated carbocycles. The van der Waals surface area contributed by atoms with Gasteiger partial charge in [0.2, 0.25) is 5.88 Å². The fourth-order valence-corrected chi connectivity index (χ4v) is 2.72. The standard InChI is InChI=1S/C19H22N4O2/c1-14(22-13-20-2)12-23-8-9-25-18-6-4-15(10-17(18)23)16-5-7-19(24-3)21-11-16/h4-7,10-11,13H,1,8-9,12H2,2-3H3,(H,20,22). The van der Waals surface area contributed by atoms with Crippen molar-refractivity contribution in [2.45, 2.75) is 0 Å². The van der Waals surface area contributed by atoms with E-state index in [9.17, 15) is 0 Å². The van der Waals surface area contributed by atoms with E-state index in [0.29, 0.717) is 19.0 Å². The molecule has 0 aliphatic carbocycles. The molecule has 0 spiro atoms. The van der Waals surface area contributed by atoms with Crippen LogP contribution in [0.2, 0.25) is 0 Å². The molecule has 0 amide bonds. The molecule has 6 heteroatoms. The van der Waals surface area contributed by atoms with Gasteiger partial charge in [0.05, 0.1) is 32.2 Å². The lowest BCUT2D eigenvalue weighted by Gasteiger charge is -2.32. The molecule has 1 aliphatic heterocycles. The van der Waals surface area contributed by atoms with Crippen LogP contribution in [0.15, 0.2) is 53.8 Å². The molecule has 1 aromatic carbocycles. The summed E-state index contributed by atoms with van der Waals surface area (Å²) in [7, 11) is 3.33. The van der Waals surface area contributed by atoms with Crippen LogP contribution in [0.4, 0.5) is 5.69 Å². The number of aromatic nitrogens is 1. The topological polar surface area (TPSA) is 59.0 Å². The van der Waals surface area contributed by atoms with Gasteiger partial charge in [-0.15, -0.1) is 0 Å². The van der Waals surface area contributed by atoms with E-state index < -0.39 is 0 Å². The number of aliphatic imine (C=N–C) groups is 1. The summed E-state index contributed by atoms with van der Waals surface area (Å²) in [5, 5.41) is 3.08. The van der Waals surface area contributed by atoms with Crippen LogP contribution in [-0.2, 0) is 0 Å². The second-order valence-electron chi connectivity index (χ2n) is 5.68. The van der Waals surface area contributed by atoms with Crippen LogP contribution in [0.5, 0.6) is 11.6 Å². The van der Waals surface area contributed by atoms with Crippen molar-refractivity contribution in [3.63, 3.8) is 0 Å². The number of pyridine rings is 1. The first-order valence-electron chi connectivity index (χ1n) is 8.08. The summed E-state index contributed by atoms with van der Waals surface area (Å²) >= 11 is 0. The van der Waals surface area contributed by atoms with Crippen molar-refractivity contribution in [2.75, 3.05) is 38.8 Å². The summed E-state index contributed by atoms with van der Waals surface area (Å²) in [6, 6.07) is 10.0. The van der Waals surface area contributed by atoms with Crippen molar-refractivity contribution in [2.24, 2.45) is 4.99 Å². The minimum atomic E-state index is 0.603. The summed E-state index contributed by atoms with van der Waals surface area (Å²) in [6.07, 6.45) is 3.45. The first kappa shape index (κ1) is 16.8. The third-order valence-electron chi connectivity index (χ3n) is 3.98. The van der Waals surface area contributed by atoms with Crippen molar-refractivity contribution >= 4 is 12.0 Å². The monoisotopic (exact) mass is 338 g/mol. The summed E-state index contributed by atoms with van der Waals surface area (Å²) in [6.45, 7) is 6.20. The van der Waals surface area contributed by atoms with Gasteiger partial charge in [-0.1, -0.05) is 12.6 Å². The van der Waals surface area contributed by atoms with Crippen LogP contribution in [0.25, 0.3) is 11.1 Å². The molecular formula is C19H22N4O2. The minimum Gasteiger partial charge on any atom is -0.490 e. The number of benzene rings is 1. The van der Waals surface area contributed by atoms with E-state index in [0.717, 1.165) is 34.8 Å². The molecule has 3 rings (SSSR count). The van der Waals surface area contributed by atoms with Gasteiger partial charge in [-0.05, 0) is 23.8 Å². The molecule has 1 N–H and O–H groups in total. The van der Waals surface area contributed by atoms with Gasteiger partial charge in [0.1, 0.15) is 12.4 Å². The lowest BCUT2D eigenvalue weighted by atomic mass is 10.1. The maximum atomic E-state index is 5.79. The van der Waals surface area contributed by atoms with Gasteiger partial charge in [-0.25, -0.2) is 4.98 Å². The maximum Gasteiger partial charge on any atom is 0.212 e. The molecule has 130 valence electrons. The zero-order chi connectivity index (χ0) is 17.6. The molecule has 1 aliphatic rings. The third-order valence-corrected chi connectivity index (χ3v) is 3.98. The molecule has 2 heterocycles. The first-order valence-corrected chi connectivity index (χ1v) is 8.08. The van der Waals surface area contributed by atoms with Crippen LogP contribution >= 0.6 is 0 Å². The second kappa shape index (κ2) is 7.70. The van der Waals surface area contributed by atoms with Crippen LogP contribution in [0, 0.1) is 0 Å². The Morgan fingerprint density at radius 2 is 2.24 bits per heavy atom. The molecule has 0 atom stereocenters. The number of rotatable bonds is 6. The largest absolute Gasteiger partial charge is 0.490 e. The Morgan fingerprint density at radius 1 is 1.40 bits per heavy atom. The quantitative estimate of drug-likeness (QED) is 0.648. The van der Waals surface area contributed by atoms with Gasteiger partial charge in [-0.2, -0.15) is 0 Å². The van der Waals surface area contributed by atoms with Crippen LogP contribution in [0.3, 0.4) is 0 Å². The molecule has 0 saturated heterocycles. The van der Waals surface area contributed by atoms with Crippen LogP contribution in [-0.4, -0.2) is 45.2 Å². The number of ether oxygens (including phenoxy) is 2. The van der Waals surface area contributed by atoms with E-state index in [1.165, 1.54) is 0 Å². The van der Waals surface area contributed by atoms with E-state index in [1.807, 2.05) is 30.5 Å². The van der Waals surface area contributed by atoms with Crippen LogP contribution in [0.1, 0.15) is 0 Å². The third kappa shape index (κ3) is 3.91. The van der Waals surface area contributed by atoms with Crippen LogP contribution < -0.4 is 19.7 Å². The van der Waals surface area contributed by atoms with Gasteiger partial charge < -0.3 is 19.7 Å². The Bertz CT molecular complexity index is 771. The lowest BCUT2D eigenvalue weighted by Crippen LogP contribution is -2.36. The van der Waals surface area contributed by atoms with Gasteiger partial charge >= 0.3 is 0 Å². The number of methoxy groups -OCH3 is 1. The summed E-state index contributed by atoms with van der Waals surface area (Å²) < 4.78 is 10.9. The zero-order valence-corrected chi connectivity index (χ0v) is 14.5. The average molecular weight is 338 g/mol. The lowest BCUT2D eigenvalue weighted by molar-refractivity contribution is 0.309. The predicted octanol–water partition coefficient (Wildman–Crippen LogP) is 2.72. The summed E-state index contributed by atoms with van der Waals surface area (Å²) in [5.41, 5.74) is 4.05. The highest BCUT2D eigenvalue weighted by Gasteiger charge is 2.19. The van der Waals surface area contributed by atoms with E-state index in [-0.39, 0.29) is 0 Å². The number of anilines is 1. The van der Waals surface area contributed by atoms with Crippen molar-refractivity contribution in [1.29, 1.82) is 0 Å². The molecule has 6 nitrogen and oxygen atoms in total. The fourth-order valence-electron chi connectivity index (χ4n) is 2.72. The molecule has 1 aromatic heterocycles. The Hall–Kier alpha value is -3.02. The van der Waals surface area contributed by atoms with E-state index in [1.54, 1.807) is 20.5 Å². The molecular weight excluding hydrogens is 316 g/mol. The SMILES string of the molecule is C=C(CN1CCOc2ccc(-c3ccc(OC)nc3)cc21)NC=NC. The highest BCUT2D eigenvalue weighted by molar-refractivity contribution is 5.73. The van der Waals surface area contributed by atoms with Gasteiger partial charge in [0.15, 0.2) is 0 Å². The molecule has 0 unspecified atom stereocenters. The number of hydrogen-bond acceptors (Lipinski definition) is 5. The van der Waals surface area contributed by atoms with Gasteiger partial charge in [0.25, 0.3) is 0 Å². The smallest absolute Gasteiger partial charge is 0.212 e. The second-order valence-corrected chi connectivity index (χ2v) is 5.68. The first-order chi connectivity index (χ1) is 12.2. The number of nitrogens with zero attached hydrogens (tertiary/aromatic N) is 3. The fraction of sp³-hybridized carbons (Fsp3) is 0.263. The number of hydrogen-bond donors (Lipinski definition) is 1. The molecule has 0 radical (unpaired) electrons. The highest BCUT2D eigenvalue weighted by Crippen LogP contribution is 2.35. The van der Waals surface area contributed by atoms with Crippen molar-refractivity contribution in [3.05, 3.63) is 48.8 Å². The summed E-state index contributed by atoms with van der Waals surface area (Å²) in [5.74, 6) is 1.49. The Morgan fingerprint density at radius 3 is 2.96 bits per heavy atom. The Kier molecular flexibility index (Phi) is 5.18. The van der Waals surface area contributed by atoms with Gasteiger partial charge in [-0.3, -0.25) is 4.99 Å². The minimum absolute atomic E-state index is 0.603. The van der Waals surface area contributed by atoms with Crippen molar-refractivity contribution in [3.8, 4) is 22.8 Å². The molecule has 2 aromatic rings.